The highest BCUT2D eigenvalue weighted by atomic mass is 19.1. The van der Waals surface area contributed by atoms with Crippen molar-refractivity contribution in [3.8, 4) is 5.69 Å². The second-order valence-electron chi connectivity index (χ2n) is 4.12. The topological polar surface area (TPSA) is 56.9 Å². The van der Waals surface area contributed by atoms with Gasteiger partial charge >= 0.3 is 5.69 Å². The summed E-state index contributed by atoms with van der Waals surface area (Å²) in [6, 6.07) is 4.98. The van der Waals surface area contributed by atoms with Crippen molar-refractivity contribution in [3.63, 3.8) is 0 Å². The summed E-state index contributed by atoms with van der Waals surface area (Å²) in [5.41, 5.74) is -0.754. The molecule has 0 amide bonds. The molecule has 0 atom stereocenters. The summed E-state index contributed by atoms with van der Waals surface area (Å²) in [4.78, 5) is 23.8. The minimum absolute atomic E-state index is 0.162. The Labute approximate surface area is 102 Å². The van der Waals surface area contributed by atoms with E-state index < -0.39 is 17.1 Å². The molecular formula is C12H12FN3O2. The van der Waals surface area contributed by atoms with Gasteiger partial charge in [-0.25, -0.2) is 18.4 Å². The van der Waals surface area contributed by atoms with E-state index in [1.165, 1.54) is 28.9 Å². The van der Waals surface area contributed by atoms with Crippen LogP contribution in [-0.2, 0) is 0 Å². The first-order chi connectivity index (χ1) is 8.50. The van der Waals surface area contributed by atoms with Crippen molar-refractivity contribution in [2.75, 3.05) is 0 Å². The van der Waals surface area contributed by atoms with Gasteiger partial charge in [0.1, 0.15) is 12.0 Å². The molecule has 0 fully saturated rings. The lowest BCUT2D eigenvalue weighted by Gasteiger charge is -2.10. The second-order valence-corrected chi connectivity index (χ2v) is 4.12. The van der Waals surface area contributed by atoms with Crippen LogP contribution in [0, 0.1) is 5.82 Å². The lowest BCUT2D eigenvalue weighted by Crippen LogP contribution is -2.40. The Kier molecular flexibility index (Phi) is 3.10. The smallest absolute Gasteiger partial charge is 0.267 e. The van der Waals surface area contributed by atoms with Crippen LogP contribution in [-0.4, -0.2) is 14.3 Å². The number of nitrogens with zero attached hydrogens (tertiary/aromatic N) is 3. The summed E-state index contributed by atoms with van der Waals surface area (Å²) in [5, 5.41) is 3.78. The summed E-state index contributed by atoms with van der Waals surface area (Å²) >= 11 is 0. The molecule has 0 unspecified atom stereocenters. The maximum Gasteiger partial charge on any atom is 0.352 e. The average molecular weight is 249 g/mol. The minimum atomic E-state index is -0.538. The highest BCUT2D eigenvalue weighted by molar-refractivity contribution is 5.31. The molecule has 94 valence electrons. The van der Waals surface area contributed by atoms with Gasteiger partial charge in [0.2, 0.25) is 0 Å². The van der Waals surface area contributed by atoms with Crippen LogP contribution in [0.15, 0.2) is 40.1 Å². The largest absolute Gasteiger partial charge is 0.352 e. The fraction of sp³-hybridized carbons (Fsp3) is 0.250. The first-order valence-electron chi connectivity index (χ1n) is 5.47. The van der Waals surface area contributed by atoms with E-state index in [9.17, 15) is 14.0 Å². The Hall–Kier alpha value is -2.24. The molecule has 0 spiro atoms. The zero-order chi connectivity index (χ0) is 13.3. The van der Waals surface area contributed by atoms with Gasteiger partial charge in [0, 0.05) is 0 Å². The second kappa shape index (κ2) is 4.56. The highest BCUT2D eigenvalue weighted by Gasteiger charge is 2.10. The minimum Gasteiger partial charge on any atom is -0.267 e. The molecule has 6 heteroatoms. The van der Waals surface area contributed by atoms with E-state index >= 15 is 0 Å². The van der Waals surface area contributed by atoms with Gasteiger partial charge in [-0.3, -0.25) is 4.79 Å². The zero-order valence-corrected chi connectivity index (χ0v) is 10.0. The molecular weight excluding hydrogens is 237 g/mol. The van der Waals surface area contributed by atoms with Gasteiger partial charge in [0.25, 0.3) is 5.56 Å². The van der Waals surface area contributed by atoms with Gasteiger partial charge in [0.05, 0.1) is 11.7 Å². The standard InChI is InChI=1S/C12H12FN3O2/c1-8(2)16-12(18)15(11(17)7-14-16)10-5-3-9(13)4-6-10/h3-8H,1-2H3. The molecule has 0 N–H and O–H groups in total. The molecule has 5 nitrogen and oxygen atoms in total. The molecule has 2 rings (SSSR count). The Bertz CT molecular complexity index is 671. The van der Waals surface area contributed by atoms with E-state index in [0.29, 0.717) is 5.69 Å². The Morgan fingerprint density at radius 3 is 2.33 bits per heavy atom. The van der Waals surface area contributed by atoms with E-state index in [1.54, 1.807) is 13.8 Å². The van der Waals surface area contributed by atoms with Crippen LogP contribution < -0.4 is 11.2 Å². The van der Waals surface area contributed by atoms with Crippen molar-refractivity contribution >= 4 is 0 Å². The van der Waals surface area contributed by atoms with Crippen LogP contribution in [0.3, 0.4) is 0 Å². The van der Waals surface area contributed by atoms with Crippen molar-refractivity contribution < 1.29 is 4.39 Å². The van der Waals surface area contributed by atoms with Crippen LogP contribution in [0.2, 0.25) is 0 Å². The zero-order valence-electron chi connectivity index (χ0n) is 10.0. The normalized spacial score (nSPS) is 10.9. The summed E-state index contributed by atoms with van der Waals surface area (Å²) in [6.07, 6.45) is 1.07. The number of halogens is 1. The predicted octanol–water partition coefficient (Wildman–Crippen LogP) is 1.11. The molecule has 0 aliphatic carbocycles. The summed E-state index contributed by atoms with van der Waals surface area (Å²) in [7, 11) is 0. The fourth-order valence-electron chi connectivity index (χ4n) is 1.60. The van der Waals surface area contributed by atoms with E-state index in [4.69, 9.17) is 0 Å². The number of aromatic nitrogens is 3. The van der Waals surface area contributed by atoms with Crippen LogP contribution in [0.1, 0.15) is 19.9 Å². The number of rotatable bonds is 2. The summed E-state index contributed by atoms with van der Waals surface area (Å²) in [5.74, 6) is -0.426. The molecule has 0 saturated carbocycles. The van der Waals surface area contributed by atoms with E-state index in [1.807, 2.05) is 0 Å². The Balaban J connectivity index is 2.71. The molecule has 0 aliphatic rings. The quantitative estimate of drug-likeness (QED) is 0.801. The molecule has 1 aromatic carbocycles. The molecule has 2 aromatic rings. The summed E-state index contributed by atoms with van der Waals surface area (Å²) in [6.45, 7) is 3.57. The highest BCUT2D eigenvalue weighted by Crippen LogP contribution is 2.04. The molecule has 1 heterocycles. The van der Waals surface area contributed by atoms with E-state index in [-0.39, 0.29) is 6.04 Å². The fourth-order valence-corrected chi connectivity index (χ4v) is 1.60. The first kappa shape index (κ1) is 12.2. The maximum atomic E-state index is 12.8. The lowest BCUT2D eigenvalue weighted by molar-refractivity contribution is 0.472. The van der Waals surface area contributed by atoms with Gasteiger partial charge in [-0.15, -0.1) is 0 Å². The van der Waals surface area contributed by atoms with Crippen LogP contribution in [0.5, 0.6) is 0 Å². The van der Waals surface area contributed by atoms with Crippen molar-refractivity contribution in [1.82, 2.24) is 14.3 Å². The third-order valence-corrected chi connectivity index (χ3v) is 2.47. The first-order valence-corrected chi connectivity index (χ1v) is 5.47. The number of benzene rings is 1. The molecule has 0 aliphatic heterocycles. The van der Waals surface area contributed by atoms with Crippen molar-refractivity contribution in [3.05, 3.63) is 57.1 Å². The van der Waals surface area contributed by atoms with Gasteiger partial charge in [-0.2, -0.15) is 5.10 Å². The van der Waals surface area contributed by atoms with Gasteiger partial charge in [-0.1, -0.05) is 0 Å². The lowest BCUT2D eigenvalue weighted by atomic mass is 10.3. The SMILES string of the molecule is CC(C)n1ncc(=O)n(-c2ccc(F)cc2)c1=O. The Morgan fingerprint density at radius 2 is 1.78 bits per heavy atom. The summed E-state index contributed by atoms with van der Waals surface area (Å²) < 4.78 is 15.0. The molecule has 1 aromatic heterocycles. The third kappa shape index (κ3) is 2.09. The molecule has 0 saturated heterocycles. The van der Waals surface area contributed by atoms with Crippen molar-refractivity contribution in [2.24, 2.45) is 0 Å². The molecule has 18 heavy (non-hydrogen) atoms. The Morgan fingerprint density at radius 1 is 1.17 bits per heavy atom. The van der Waals surface area contributed by atoms with Crippen molar-refractivity contribution in [2.45, 2.75) is 19.9 Å². The molecule has 0 radical (unpaired) electrons. The van der Waals surface area contributed by atoms with Gasteiger partial charge in [-0.05, 0) is 38.1 Å². The van der Waals surface area contributed by atoms with Crippen LogP contribution in [0.4, 0.5) is 4.39 Å². The van der Waals surface area contributed by atoms with Crippen molar-refractivity contribution in [1.29, 1.82) is 0 Å². The third-order valence-electron chi connectivity index (χ3n) is 2.47. The van der Waals surface area contributed by atoms with E-state index in [2.05, 4.69) is 5.10 Å². The predicted molar refractivity (Wildman–Crippen MR) is 64.4 cm³/mol. The molecule has 0 bridgehead atoms. The average Bonchev–Trinajstić information content (AvgIpc) is 2.31. The van der Waals surface area contributed by atoms with Gasteiger partial charge < -0.3 is 0 Å². The maximum absolute atomic E-state index is 12.8. The van der Waals surface area contributed by atoms with Gasteiger partial charge in [0.15, 0.2) is 0 Å². The number of hydrogen-bond acceptors (Lipinski definition) is 3. The van der Waals surface area contributed by atoms with E-state index in [0.717, 1.165) is 10.8 Å². The monoisotopic (exact) mass is 249 g/mol. The van der Waals surface area contributed by atoms with Crippen LogP contribution >= 0.6 is 0 Å². The van der Waals surface area contributed by atoms with Crippen LogP contribution in [0.25, 0.3) is 5.69 Å². The number of hydrogen-bond donors (Lipinski definition) is 0.